The lowest BCUT2D eigenvalue weighted by atomic mass is 9.98. The zero-order valence-electron chi connectivity index (χ0n) is 12.4. The summed E-state index contributed by atoms with van der Waals surface area (Å²) in [6, 6.07) is 4.32. The van der Waals surface area contributed by atoms with Crippen LogP contribution in [0.25, 0.3) is 0 Å². The van der Waals surface area contributed by atoms with E-state index in [1.54, 1.807) is 13.2 Å². The van der Waals surface area contributed by atoms with Gasteiger partial charge in [0.1, 0.15) is 17.1 Å². The van der Waals surface area contributed by atoms with Crippen LogP contribution in [0, 0.1) is 5.82 Å². The topological polar surface area (TPSA) is 59.6 Å². The molecule has 1 unspecified atom stereocenters. The average Bonchev–Trinajstić information content (AvgIpc) is 2.94. The van der Waals surface area contributed by atoms with E-state index in [2.05, 4.69) is 10.6 Å². The molecule has 1 saturated heterocycles. The van der Waals surface area contributed by atoms with Crippen molar-refractivity contribution in [2.75, 3.05) is 33.9 Å². The third kappa shape index (κ3) is 3.51. The minimum Gasteiger partial charge on any atom is -0.496 e. The van der Waals surface area contributed by atoms with Gasteiger partial charge in [-0.15, -0.1) is 0 Å². The summed E-state index contributed by atoms with van der Waals surface area (Å²) in [5.41, 5.74) is -0.339. The maximum Gasteiger partial charge on any atom is 0.258 e. The van der Waals surface area contributed by atoms with E-state index < -0.39 is 11.7 Å². The minimum absolute atomic E-state index is 0.0643. The van der Waals surface area contributed by atoms with Crippen molar-refractivity contribution < 1.29 is 18.7 Å². The maximum atomic E-state index is 13.9. The first-order valence-electron chi connectivity index (χ1n) is 6.96. The molecule has 1 heterocycles. The summed E-state index contributed by atoms with van der Waals surface area (Å²) in [7, 11) is 3.04. The van der Waals surface area contributed by atoms with Gasteiger partial charge in [-0.3, -0.25) is 4.79 Å². The molecule has 1 fully saturated rings. The summed E-state index contributed by atoms with van der Waals surface area (Å²) in [5, 5.41) is 6.14. The number of carbonyl (C=O) groups is 1. The molecule has 1 aromatic rings. The van der Waals surface area contributed by atoms with E-state index in [4.69, 9.17) is 9.47 Å². The predicted octanol–water partition coefficient (Wildman–Crippen LogP) is 1.33. The van der Waals surface area contributed by atoms with E-state index in [1.165, 1.54) is 19.2 Å². The van der Waals surface area contributed by atoms with Crippen molar-refractivity contribution in [3.8, 4) is 5.75 Å². The summed E-state index contributed by atoms with van der Waals surface area (Å²) >= 11 is 0. The molecule has 2 N–H and O–H groups in total. The number of methoxy groups -OCH3 is 2. The van der Waals surface area contributed by atoms with Crippen LogP contribution in [-0.4, -0.2) is 45.4 Å². The summed E-state index contributed by atoms with van der Waals surface area (Å²) in [5.74, 6) is -0.839. The molecular weight excluding hydrogens is 275 g/mol. The van der Waals surface area contributed by atoms with Gasteiger partial charge in [0.15, 0.2) is 0 Å². The maximum absolute atomic E-state index is 13.9. The van der Waals surface area contributed by atoms with E-state index >= 15 is 0 Å². The van der Waals surface area contributed by atoms with E-state index in [1.807, 2.05) is 0 Å². The molecule has 21 heavy (non-hydrogen) atoms. The Morgan fingerprint density at radius 2 is 2.29 bits per heavy atom. The van der Waals surface area contributed by atoms with Crippen molar-refractivity contribution in [3.63, 3.8) is 0 Å². The van der Waals surface area contributed by atoms with Gasteiger partial charge < -0.3 is 20.1 Å². The van der Waals surface area contributed by atoms with Gasteiger partial charge in [-0.05, 0) is 31.5 Å². The van der Waals surface area contributed by atoms with Gasteiger partial charge in [0.25, 0.3) is 5.91 Å². The van der Waals surface area contributed by atoms with E-state index in [9.17, 15) is 9.18 Å². The van der Waals surface area contributed by atoms with Gasteiger partial charge in [0.05, 0.1) is 19.3 Å². The third-order valence-corrected chi connectivity index (χ3v) is 3.76. The third-order valence-electron chi connectivity index (χ3n) is 3.76. The Kier molecular flexibility index (Phi) is 5.14. The first kappa shape index (κ1) is 15.7. The number of halogens is 1. The first-order chi connectivity index (χ1) is 10.1. The van der Waals surface area contributed by atoms with Gasteiger partial charge in [-0.25, -0.2) is 4.39 Å². The Labute approximate surface area is 123 Å². The smallest absolute Gasteiger partial charge is 0.258 e. The lowest BCUT2D eigenvalue weighted by Gasteiger charge is -2.29. The number of hydrogen-bond donors (Lipinski definition) is 2. The molecular formula is C15H21FN2O3. The fourth-order valence-electron chi connectivity index (χ4n) is 2.70. The molecule has 1 atom stereocenters. The molecule has 0 bridgehead atoms. The standard InChI is InChI=1S/C15H21FN2O3/c1-20-10-15(7-4-8-18-15)9-17-14(19)13-11(16)5-3-6-12(13)21-2/h3,5-6,18H,4,7-10H2,1-2H3,(H,17,19). The van der Waals surface area contributed by atoms with Crippen molar-refractivity contribution in [2.45, 2.75) is 18.4 Å². The van der Waals surface area contributed by atoms with Crippen LogP contribution in [0.15, 0.2) is 18.2 Å². The fraction of sp³-hybridized carbons (Fsp3) is 0.533. The zero-order valence-corrected chi connectivity index (χ0v) is 12.4. The molecule has 116 valence electrons. The SMILES string of the molecule is COCC1(CNC(=O)c2c(F)cccc2OC)CCCN1. The molecule has 2 rings (SSSR count). The second-order valence-corrected chi connectivity index (χ2v) is 5.24. The quantitative estimate of drug-likeness (QED) is 0.831. The highest BCUT2D eigenvalue weighted by Gasteiger charge is 2.34. The molecule has 0 aliphatic carbocycles. The number of nitrogens with one attached hydrogen (secondary N) is 2. The molecule has 0 radical (unpaired) electrons. The molecule has 5 nitrogen and oxygen atoms in total. The van der Waals surface area contributed by atoms with Crippen molar-refractivity contribution >= 4 is 5.91 Å². The normalized spacial score (nSPS) is 21.3. The Morgan fingerprint density at radius 3 is 2.90 bits per heavy atom. The largest absolute Gasteiger partial charge is 0.496 e. The number of carbonyl (C=O) groups excluding carboxylic acids is 1. The van der Waals surface area contributed by atoms with Crippen molar-refractivity contribution in [3.05, 3.63) is 29.6 Å². The first-order valence-corrected chi connectivity index (χ1v) is 6.96. The molecule has 1 aliphatic rings. The molecule has 1 amide bonds. The Balaban J connectivity index is 2.08. The number of benzene rings is 1. The highest BCUT2D eigenvalue weighted by molar-refractivity contribution is 5.97. The van der Waals surface area contributed by atoms with Gasteiger partial charge in [0.2, 0.25) is 0 Å². The van der Waals surface area contributed by atoms with Crippen molar-refractivity contribution in [1.82, 2.24) is 10.6 Å². The van der Waals surface area contributed by atoms with Gasteiger partial charge >= 0.3 is 0 Å². The van der Waals surface area contributed by atoms with E-state index in [0.29, 0.717) is 13.2 Å². The monoisotopic (exact) mass is 296 g/mol. The number of rotatable bonds is 6. The fourth-order valence-corrected chi connectivity index (χ4v) is 2.70. The van der Waals surface area contributed by atoms with Crippen LogP contribution < -0.4 is 15.4 Å². The lowest BCUT2D eigenvalue weighted by Crippen LogP contribution is -2.53. The molecule has 0 aromatic heterocycles. The van der Waals surface area contributed by atoms with Crippen LogP contribution in [0.4, 0.5) is 4.39 Å². The molecule has 1 aromatic carbocycles. The van der Waals surface area contributed by atoms with E-state index in [-0.39, 0.29) is 16.9 Å². The van der Waals surface area contributed by atoms with Crippen LogP contribution in [0.3, 0.4) is 0 Å². The highest BCUT2D eigenvalue weighted by atomic mass is 19.1. The molecule has 0 spiro atoms. The second kappa shape index (κ2) is 6.87. The number of hydrogen-bond acceptors (Lipinski definition) is 4. The van der Waals surface area contributed by atoms with Crippen molar-refractivity contribution in [1.29, 1.82) is 0 Å². The van der Waals surface area contributed by atoms with E-state index in [0.717, 1.165) is 19.4 Å². The summed E-state index contributed by atoms with van der Waals surface area (Å²) in [4.78, 5) is 12.2. The van der Waals surface area contributed by atoms with Gasteiger partial charge in [-0.2, -0.15) is 0 Å². The van der Waals surface area contributed by atoms with Gasteiger partial charge in [0, 0.05) is 13.7 Å². The summed E-state index contributed by atoms with van der Waals surface area (Å²) in [6.45, 7) is 1.78. The second-order valence-electron chi connectivity index (χ2n) is 5.24. The van der Waals surface area contributed by atoms with Crippen LogP contribution in [0.5, 0.6) is 5.75 Å². The predicted molar refractivity (Wildman–Crippen MR) is 77.1 cm³/mol. The molecule has 1 aliphatic heterocycles. The van der Waals surface area contributed by atoms with Crippen LogP contribution in [-0.2, 0) is 4.74 Å². The number of ether oxygens (including phenoxy) is 2. The Bertz CT molecular complexity index is 502. The van der Waals surface area contributed by atoms with Crippen LogP contribution in [0.1, 0.15) is 23.2 Å². The number of amides is 1. The molecule has 6 heteroatoms. The summed E-state index contributed by atoms with van der Waals surface area (Å²) < 4.78 is 24.1. The Morgan fingerprint density at radius 1 is 1.48 bits per heavy atom. The lowest BCUT2D eigenvalue weighted by molar-refractivity contribution is 0.0885. The average molecular weight is 296 g/mol. The summed E-state index contributed by atoms with van der Waals surface area (Å²) in [6.07, 6.45) is 1.94. The minimum atomic E-state index is -0.591. The highest BCUT2D eigenvalue weighted by Crippen LogP contribution is 2.22. The van der Waals surface area contributed by atoms with Crippen molar-refractivity contribution in [2.24, 2.45) is 0 Å². The van der Waals surface area contributed by atoms with Crippen LogP contribution >= 0.6 is 0 Å². The van der Waals surface area contributed by atoms with Gasteiger partial charge in [-0.1, -0.05) is 6.07 Å². The molecule has 0 saturated carbocycles. The zero-order chi connectivity index (χ0) is 15.3. The van der Waals surface area contributed by atoms with Crippen LogP contribution in [0.2, 0.25) is 0 Å². The Hall–Kier alpha value is -1.66.